The van der Waals surface area contributed by atoms with Gasteiger partial charge in [-0.1, -0.05) is 12.1 Å². The predicted octanol–water partition coefficient (Wildman–Crippen LogP) is 2.85. The van der Waals surface area contributed by atoms with Crippen LogP contribution in [0.25, 0.3) is 0 Å². The number of benzene rings is 1. The highest BCUT2D eigenvalue weighted by Gasteiger charge is 2.39. The molecule has 0 bridgehead atoms. The van der Waals surface area contributed by atoms with Crippen molar-refractivity contribution in [1.29, 1.82) is 0 Å². The van der Waals surface area contributed by atoms with E-state index >= 15 is 0 Å². The summed E-state index contributed by atoms with van der Waals surface area (Å²) in [5.41, 5.74) is 1.95. The number of rotatable bonds is 5. The molecule has 4 rings (SSSR count). The second kappa shape index (κ2) is 8.05. The van der Waals surface area contributed by atoms with Gasteiger partial charge in [0.15, 0.2) is 0 Å². The van der Waals surface area contributed by atoms with Gasteiger partial charge < -0.3 is 14.8 Å². The minimum atomic E-state index is 0. The lowest BCUT2D eigenvalue weighted by molar-refractivity contribution is 0.0679. The molecule has 24 heavy (non-hydrogen) atoms. The molecule has 0 aromatic heterocycles. The highest BCUT2D eigenvalue weighted by atomic mass is 35.5. The van der Waals surface area contributed by atoms with Crippen LogP contribution in [0.2, 0.25) is 0 Å². The fraction of sp³-hybridized carbons (Fsp3) is 0.684. The summed E-state index contributed by atoms with van der Waals surface area (Å²) in [6, 6.07) is 8.63. The Morgan fingerprint density at radius 2 is 2.12 bits per heavy atom. The van der Waals surface area contributed by atoms with Crippen molar-refractivity contribution in [3.05, 3.63) is 29.8 Å². The Kier molecular flexibility index (Phi) is 6.03. The Morgan fingerprint density at radius 1 is 1.25 bits per heavy atom. The van der Waals surface area contributed by atoms with Gasteiger partial charge in [-0.2, -0.15) is 0 Å². The first-order chi connectivity index (χ1) is 11.3. The van der Waals surface area contributed by atoms with Crippen LogP contribution in [0, 0.1) is 5.41 Å². The van der Waals surface area contributed by atoms with Crippen molar-refractivity contribution < 1.29 is 9.47 Å². The van der Waals surface area contributed by atoms with Gasteiger partial charge in [0.05, 0.1) is 6.10 Å². The lowest BCUT2D eigenvalue weighted by Gasteiger charge is -2.23. The molecule has 2 unspecified atom stereocenters. The first-order valence-electron chi connectivity index (χ1n) is 9.08. The zero-order chi connectivity index (χ0) is 15.5. The van der Waals surface area contributed by atoms with Crippen molar-refractivity contribution >= 4 is 12.4 Å². The van der Waals surface area contributed by atoms with Gasteiger partial charge in [-0.15, -0.1) is 12.4 Å². The summed E-state index contributed by atoms with van der Waals surface area (Å²) in [6.07, 6.45) is 5.28. The van der Waals surface area contributed by atoms with Crippen LogP contribution < -0.4 is 10.1 Å². The zero-order valence-electron chi connectivity index (χ0n) is 14.3. The molecule has 3 fully saturated rings. The number of nitrogens with zero attached hydrogens (tertiary/aromatic N) is 1. The fourth-order valence-electron chi connectivity index (χ4n) is 4.22. The van der Waals surface area contributed by atoms with E-state index in [4.69, 9.17) is 9.47 Å². The summed E-state index contributed by atoms with van der Waals surface area (Å²) in [7, 11) is 0. The molecule has 3 heterocycles. The molecule has 1 N–H and O–H groups in total. The fourth-order valence-corrected chi connectivity index (χ4v) is 4.22. The van der Waals surface area contributed by atoms with Gasteiger partial charge in [-0.05, 0) is 61.9 Å². The van der Waals surface area contributed by atoms with Gasteiger partial charge in [0, 0.05) is 26.2 Å². The molecule has 3 saturated heterocycles. The number of hydrogen-bond acceptors (Lipinski definition) is 4. The lowest BCUT2D eigenvalue weighted by Crippen LogP contribution is -2.28. The second-order valence-corrected chi connectivity index (χ2v) is 7.48. The summed E-state index contributed by atoms with van der Waals surface area (Å²) >= 11 is 0. The van der Waals surface area contributed by atoms with E-state index in [1.165, 1.54) is 51.0 Å². The van der Waals surface area contributed by atoms with Gasteiger partial charge >= 0.3 is 0 Å². The van der Waals surface area contributed by atoms with Crippen LogP contribution in [0.15, 0.2) is 24.3 Å². The summed E-state index contributed by atoms with van der Waals surface area (Å²) in [5, 5.41) is 3.53. The molecule has 1 aromatic carbocycles. The van der Waals surface area contributed by atoms with E-state index < -0.39 is 0 Å². The number of hydrogen-bond donors (Lipinski definition) is 1. The molecule has 0 radical (unpaired) electrons. The van der Waals surface area contributed by atoms with Crippen LogP contribution in [0.1, 0.15) is 31.2 Å². The van der Waals surface area contributed by atoms with Gasteiger partial charge in [0.2, 0.25) is 0 Å². The van der Waals surface area contributed by atoms with Crippen LogP contribution in [-0.2, 0) is 11.3 Å². The highest BCUT2D eigenvalue weighted by Crippen LogP contribution is 2.36. The molecule has 5 heteroatoms. The molecule has 3 aliphatic rings. The molecule has 1 spiro atoms. The summed E-state index contributed by atoms with van der Waals surface area (Å²) in [4.78, 5) is 2.61. The molecule has 1 aromatic rings. The Morgan fingerprint density at radius 3 is 2.83 bits per heavy atom. The van der Waals surface area contributed by atoms with Gasteiger partial charge in [-0.3, -0.25) is 4.90 Å². The largest absolute Gasteiger partial charge is 0.491 e. The van der Waals surface area contributed by atoms with E-state index in [0.29, 0.717) is 12.0 Å². The Balaban J connectivity index is 0.00000169. The summed E-state index contributed by atoms with van der Waals surface area (Å²) in [6.45, 7) is 7.52. The molecule has 0 aliphatic carbocycles. The SMILES string of the molecule is Cl.c1cc(OCC2CCCO2)ccc1CN1CCC2(CCNC2)C1. The van der Waals surface area contributed by atoms with Gasteiger partial charge in [0.25, 0.3) is 0 Å². The third kappa shape index (κ3) is 4.23. The predicted molar refractivity (Wildman–Crippen MR) is 98.0 cm³/mol. The second-order valence-electron chi connectivity index (χ2n) is 7.48. The molecule has 0 saturated carbocycles. The zero-order valence-corrected chi connectivity index (χ0v) is 15.2. The quantitative estimate of drug-likeness (QED) is 0.883. The lowest BCUT2D eigenvalue weighted by atomic mass is 9.86. The average molecular weight is 353 g/mol. The number of ether oxygens (including phenoxy) is 2. The highest BCUT2D eigenvalue weighted by molar-refractivity contribution is 5.85. The van der Waals surface area contributed by atoms with Crippen molar-refractivity contribution in [3.63, 3.8) is 0 Å². The maximum absolute atomic E-state index is 5.84. The monoisotopic (exact) mass is 352 g/mol. The first-order valence-corrected chi connectivity index (χ1v) is 9.08. The van der Waals surface area contributed by atoms with E-state index in [1.807, 2.05) is 0 Å². The Bertz CT molecular complexity index is 511. The van der Waals surface area contributed by atoms with Crippen LogP contribution in [0.4, 0.5) is 0 Å². The Hall–Kier alpha value is -0.810. The van der Waals surface area contributed by atoms with E-state index in [-0.39, 0.29) is 18.5 Å². The van der Waals surface area contributed by atoms with Crippen molar-refractivity contribution in [2.75, 3.05) is 39.4 Å². The summed E-state index contributed by atoms with van der Waals surface area (Å²) < 4.78 is 11.4. The third-order valence-electron chi connectivity index (χ3n) is 5.64. The van der Waals surface area contributed by atoms with E-state index in [0.717, 1.165) is 25.3 Å². The topological polar surface area (TPSA) is 33.7 Å². The molecule has 4 nitrogen and oxygen atoms in total. The van der Waals surface area contributed by atoms with Crippen LogP contribution in [0.5, 0.6) is 5.75 Å². The van der Waals surface area contributed by atoms with Gasteiger partial charge in [0.1, 0.15) is 12.4 Å². The number of nitrogens with one attached hydrogen (secondary N) is 1. The van der Waals surface area contributed by atoms with E-state index in [1.54, 1.807) is 0 Å². The normalized spacial score (nSPS) is 29.9. The van der Waals surface area contributed by atoms with Crippen molar-refractivity contribution in [2.45, 2.75) is 38.3 Å². The van der Waals surface area contributed by atoms with Crippen molar-refractivity contribution in [2.24, 2.45) is 5.41 Å². The van der Waals surface area contributed by atoms with E-state index in [2.05, 4.69) is 34.5 Å². The number of likely N-dealkylation sites (tertiary alicyclic amines) is 1. The average Bonchev–Trinajstić information content (AvgIpc) is 3.31. The molecular weight excluding hydrogens is 324 g/mol. The molecule has 134 valence electrons. The van der Waals surface area contributed by atoms with Crippen LogP contribution in [-0.4, -0.2) is 50.4 Å². The first kappa shape index (κ1) is 18.0. The molecule has 0 amide bonds. The maximum atomic E-state index is 5.84. The maximum Gasteiger partial charge on any atom is 0.119 e. The standard InChI is InChI=1S/C19H28N2O2.ClH/c1-2-18(22-11-1)13-23-17-5-3-16(4-6-17)12-21-10-8-19(15-21)7-9-20-14-19;/h3-6,18,20H,1-2,7-15H2;1H. The molecule has 3 aliphatic heterocycles. The third-order valence-corrected chi connectivity index (χ3v) is 5.64. The smallest absolute Gasteiger partial charge is 0.119 e. The minimum Gasteiger partial charge on any atom is -0.491 e. The number of halogens is 1. The van der Waals surface area contributed by atoms with Crippen LogP contribution in [0.3, 0.4) is 0 Å². The Labute approximate surface area is 151 Å². The van der Waals surface area contributed by atoms with Crippen molar-refractivity contribution in [3.8, 4) is 5.75 Å². The minimum absolute atomic E-state index is 0. The van der Waals surface area contributed by atoms with Crippen molar-refractivity contribution in [1.82, 2.24) is 10.2 Å². The summed E-state index contributed by atoms with van der Waals surface area (Å²) in [5.74, 6) is 0.960. The molecule has 2 atom stereocenters. The molecular formula is C19H29ClN2O2. The van der Waals surface area contributed by atoms with Crippen LogP contribution >= 0.6 is 12.4 Å². The van der Waals surface area contributed by atoms with E-state index in [9.17, 15) is 0 Å². The van der Waals surface area contributed by atoms with Gasteiger partial charge in [-0.25, -0.2) is 0 Å².